The van der Waals surface area contributed by atoms with Gasteiger partial charge in [-0.15, -0.1) is 11.8 Å². The second-order valence-electron chi connectivity index (χ2n) is 5.14. The Balaban J connectivity index is 1.89. The zero-order valence-electron chi connectivity index (χ0n) is 12.1. The Morgan fingerprint density at radius 1 is 1.40 bits per heavy atom. The van der Waals surface area contributed by atoms with E-state index in [2.05, 4.69) is 17.1 Å². The number of hydrogen-bond donors (Lipinski definition) is 1. The Morgan fingerprint density at radius 2 is 2.10 bits per heavy atom. The van der Waals surface area contributed by atoms with E-state index in [-0.39, 0.29) is 5.91 Å². The summed E-state index contributed by atoms with van der Waals surface area (Å²) in [5.74, 6) is 0.0607. The summed E-state index contributed by atoms with van der Waals surface area (Å²) in [5, 5.41) is 3.18. The topological polar surface area (TPSA) is 32.3 Å². The van der Waals surface area contributed by atoms with E-state index in [1.807, 2.05) is 30.5 Å². The van der Waals surface area contributed by atoms with E-state index >= 15 is 0 Å². The molecule has 0 atom stereocenters. The Kier molecular flexibility index (Phi) is 5.92. The minimum Gasteiger partial charge on any atom is -0.349 e. The van der Waals surface area contributed by atoms with Crippen LogP contribution in [0.1, 0.15) is 29.6 Å². The summed E-state index contributed by atoms with van der Waals surface area (Å²) in [4.78, 5) is 15.8. The number of nitrogens with one attached hydrogen (secondary N) is 1. The van der Waals surface area contributed by atoms with Gasteiger partial charge in [0.25, 0.3) is 5.91 Å². The van der Waals surface area contributed by atoms with Crippen LogP contribution in [0.2, 0.25) is 0 Å². The van der Waals surface area contributed by atoms with Crippen LogP contribution in [0.4, 0.5) is 0 Å². The highest BCUT2D eigenvalue weighted by molar-refractivity contribution is 7.98. The van der Waals surface area contributed by atoms with Crippen LogP contribution in [0.5, 0.6) is 0 Å². The third-order valence-electron chi connectivity index (χ3n) is 3.75. The molecule has 1 heterocycles. The van der Waals surface area contributed by atoms with Crippen molar-refractivity contribution in [3.63, 3.8) is 0 Å². The maximum atomic E-state index is 12.4. The molecule has 0 saturated carbocycles. The van der Waals surface area contributed by atoms with E-state index in [4.69, 9.17) is 0 Å². The highest BCUT2D eigenvalue weighted by atomic mass is 32.2. The molecular formula is C16H23N2OS. The van der Waals surface area contributed by atoms with Crippen molar-refractivity contribution in [2.45, 2.75) is 30.2 Å². The SMILES string of the molecule is [CH2]CCN1CCC(NC(=O)c2ccccc2SC)CC1. The first-order chi connectivity index (χ1) is 9.74. The first-order valence-corrected chi connectivity index (χ1v) is 8.42. The molecule has 4 heteroatoms. The van der Waals surface area contributed by atoms with Gasteiger partial charge in [-0.2, -0.15) is 0 Å². The first-order valence-electron chi connectivity index (χ1n) is 7.20. The minimum absolute atomic E-state index is 0.0607. The molecule has 0 aromatic heterocycles. The van der Waals surface area contributed by atoms with Crippen molar-refractivity contribution < 1.29 is 4.79 Å². The fraction of sp³-hybridized carbons (Fsp3) is 0.500. The average Bonchev–Trinajstić information content (AvgIpc) is 2.49. The summed E-state index contributed by atoms with van der Waals surface area (Å²) >= 11 is 1.62. The molecule has 1 fully saturated rings. The summed E-state index contributed by atoms with van der Waals surface area (Å²) < 4.78 is 0. The summed E-state index contributed by atoms with van der Waals surface area (Å²) in [6, 6.07) is 8.10. The van der Waals surface area contributed by atoms with Crippen molar-refractivity contribution >= 4 is 17.7 Å². The molecule has 109 valence electrons. The second kappa shape index (κ2) is 7.70. The lowest BCUT2D eigenvalue weighted by atomic mass is 10.0. The van der Waals surface area contributed by atoms with Crippen molar-refractivity contribution in [2.75, 3.05) is 25.9 Å². The Morgan fingerprint density at radius 3 is 2.75 bits per heavy atom. The Bertz CT molecular complexity index is 442. The zero-order valence-corrected chi connectivity index (χ0v) is 12.9. The van der Waals surface area contributed by atoms with Crippen molar-refractivity contribution in [3.8, 4) is 0 Å². The van der Waals surface area contributed by atoms with Gasteiger partial charge in [0.1, 0.15) is 0 Å². The quantitative estimate of drug-likeness (QED) is 0.847. The Hall–Kier alpha value is -1.00. The van der Waals surface area contributed by atoms with Crippen molar-refractivity contribution in [1.29, 1.82) is 0 Å². The molecule has 20 heavy (non-hydrogen) atoms. The van der Waals surface area contributed by atoms with E-state index in [1.165, 1.54) is 0 Å². The number of amides is 1. The van der Waals surface area contributed by atoms with Crippen LogP contribution in [0.3, 0.4) is 0 Å². The zero-order chi connectivity index (χ0) is 14.4. The molecule has 3 nitrogen and oxygen atoms in total. The lowest BCUT2D eigenvalue weighted by molar-refractivity contribution is 0.0908. The van der Waals surface area contributed by atoms with E-state index in [9.17, 15) is 4.79 Å². The van der Waals surface area contributed by atoms with Gasteiger partial charge in [-0.25, -0.2) is 0 Å². The molecule has 1 N–H and O–H groups in total. The number of nitrogens with zero attached hydrogens (tertiary/aromatic N) is 1. The van der Waals surface area contributed by atoms with Gasteiger partial charge in [0.15, 0.2) is 0 Å². The number of likely N-dealkylation sites (tertiary alicyclic amines) is 1. The van der Waals surface area contributed by atoms with Gasteiger partial charge < -0.3 is 10.2 Å². The molecule has 0 aliphatic carbocycles. The smallest absolute Gasteiger partial charge is 0.252 e. The molecule has 1 saturated heterocycles. The van der Waals surface area contributed by atoms with Crippen LogP contribution < -0.4 is 5.32 Å². The van der Waals surface area contributed by atoms with Gasteiger partial charge in [0.05, 0.1) is 5.56 Å². The molecular weight excluding hydrogens is 268 g/mol. The van der Waals surface area contributed by atoms with E-state index in [0.29, 0.717) is 6.04 Å². The van der Waals surface area contributed by atoms with Gasteiger partial charge in [-0.05, 0) is 44.2 Å². The molecule has 1 aliphatic rings. The fourth-order valence-electron chi connectivity index (χ4n) is 2.62. The molecule has 1 radical (unpaired) electrons. The van der Waals surface area contributed by atoms with Crippen LogP contribution in [0, 0.1) is 6.92 Å². The monoisotopic (exact) mass is 291 g/mol. The van der Waals surface area contributed by atoms with Gasteiger partial charge >= 0.3 is 0 Å². The van der Waals surface area contributed by atoms with E-state index < -0.39 is 0 Å². The molecule has 1 aliphatic heterocycles. The summed E-state index contributed by atoms with van der Waals surface area (Å²) in [7, 11) is 0. The average molecular weight is 291 g/mol. The predicted molar refractivity (Wildman–Crippen MR) is 85.1 cm³/mol. The van der Waals surface area contributed by atoms with Crippen LogP contribution in [-0.2, 0) is 0 Å². The summed E-state index contributed by atoms with van der Waals surface area (Å²) in [6.07, 6.45) is 5.03. The maximum absolute atomic E-state index is 12.4. The first kappa shape index (κ1) is 15.4. The third kappa shape index (κ3) is 4.00. The second-order valence-corrected chi connectivity index (χ2v) is 5.99. The van der Waals surface area contributed by atoms with Gasteiger partial charge in [-0.3, -0.25) is 4.79 Å². The Labute approximate surface area is 126 Å². The molecule has 1 amide bonds. The standard InChI is InChI=1S/C16H23N2OS/c1-3-10-18-11-8-13(9-12-18)17-16(19)14-6-4-5-7-15(14)20-2/h4-7,13H,1,3,8-12H2,2H3,(H,17,19). The van der Waals surface area contributed by atoms with Crippen molar-refractivity contribution in [1.82, 2.24) is 10.2 Å². The number of benzene rings is 1. The fourth-order valence-corrected chi connectivity index (χ4v) is 3.22. The molecule has 0 unspecified atom stereocenters. The largest absolute Gasteiger partial charge is 0.349 e. The van der Waals surface area contributed by atoms with Crippen LogP contribution >= 0.6 is 11.8 Å². The molecule has 0 bridgehead atoms. The number of carbonyl (C=O) groups is 1. The van der Waals surface area contributed by atoms with Crippen molar-refractivity contribution in [3.05, 3.63) is 36.8 Å². The van der Waals surface area contributed by atoms with E-state index in [0.717, 1.165) is 49.4 Å². The maximum Gasteiger partial charge on any atom is 0.252 e. The molecule has 1 aromatic rings. The highest BCUT2D eigenvalue weighted by Crippen LogP contribution is 2.20. The number of rotatable bonds is 5. The lowest BCUT2D eigenvalue weighted by Crippen LogP contribution is -2.44. The normalized spacial score (nSPS) is 17.1. The van der Waals surface area contributed by atoms with Crippen LogP contribution in [0.25, 0.3) is 0 Å². The number of piperidine rings is 1. The number of carbonyl (C=O) groups excluding carboxylic acids is 1. The molecule has 2 rings (SSSR count). The van der Waals surface area contributed by atoms with Crippen LogP contribution in [0.15, 0.2) is 29.2 Å². The lowest BCUT2D eigenvalue weighted by Gasteiger charge is -2.32. The van der Waals surface area contributed by atoms with Crippen molar-refractivity contribution in [2.24, 2.45) is 0 Å². The minimum atomic E-state index is 0.0607. The van der Waals surface area contributed by atoms with Gasteiger partial charge in [0, 0.05) is 24.0 Å². The third-order valence-corrected chi connectivity index (χ3v) is 4.54. The van der Waals surface area contributed by atoms with E-state index in [1.54, 1.807) is 11.8 Å². The van der Waals surface area contributed by atoms with Gasteiger partial charge in [0.2, 0.25) is 0 Å². The predicted octanol–water partition coefficient (Wildman–Crippen LogP) is 2.83. The summed E-state index contributed by atoms with van der Waals surface area (Å²) in [5.41, 5.74) is 0.792. The number of hydrogen-bond acceptors (Lipinski definition) is 3. The molecule has 1 aromatic carbocycles. The molecule has 0 spiro atoms. The summed E-state index contributed by atoms with van der Waals surface area (Å²) in [6.45, 7) is 7.08. The number of thioether (sulfide) groups is 1. The van der Waals surface area contributed by atoms with Gasteiger partial charge in [-0.1, -0.05) is 19.1 Å². The van der Waals surface area contributed by atoms with Crippen LogP contribution in [-0.4, -0.2) is 42.7 Å². The highest BCUT2D eigenvalue weighted by Gasteiger charge is 2.21.